The second kappa shape index (κ2) is 8.73. The Kier molecular flexibility index (Phi) is 6.67. The maximum atomic E-state index is 13.3. The molecule has 2 aromatic carbocycles. The Labute approximate surface area is 149 Å². The van der Waals surface area contributed by atoms with Gasteiger partial charge in [-0.2, -0.15) is 0 Å². The zero-order valence-corrected chi connectivity index (χ0v) is 14.9. The van der Waals surface area contributed by atoms with Gasteiger partial charge in [-0.1, -0.05) is 40.2 Å². The molecular weight excluding hydrogens is 375 g/mol. The first-order chi connectivity index (χ1) is 11.5. The first-order valence-electron chi connectivity index (χ1n) is 7.62. The van der Waals surface area contributed by atoms with Crippen molar-refractivity contribution in [2.24, 2.45) is 0 Å². The summed E-state index contributed by atoms with van der Waals surface area (Å²) in [5.74, 6) is -0.646. The molecule has 0 amide bonds. The number of aryl methyl sites for hydroxylation is 1. The van der Waals surface area contributed by atoms with E-state index in [1.807, 2.05) is 12.1 Å². The minimum Gasteiger partial charge on any atom is -0.469 e. The Morgan fingerprint density at radius 3 is 2.50 bits per heavy atom. The molecule has 0 fully saturated rings. The van der Waals surface area contributed by atoms with Gasteiger partial charge in [0.25, 0.3) is 0 Å². The van der Waals surface area contributed by atoms with E-state index in [2.05, 4.69) is 20.7 Å². The molecule has 126 valence electrons. The molecule has 0 unspecified atom stereocenters. The van der Waals surface area contributed by atoms with Crippen LogP contribution in [0.25, 0.3) is 0 Å². The smallest absolute Gasteiger partial charge is 0.305 e. The molecule has 0 atom stereocenters. The van der Waals surface area contributed by atoms with Crippen LogP contribution in [0.5, 0.6) is 0 Å². The third kappa shape index (κ3) is 5.27. The summed E-state index contributed by atoms with van der Waals surface area (Å²) in [7, 11) is 1.37. The van der Waals surface area contributed by atoms with E-state index < -0.39 is 0 Å². The largest absolute Gasteiger partial charge is 0.469 e. The number of esters is 1. The first-order valence-corrected chi connectivity index (χ1v) is 8.42. The fourth-order valence-corrected chi connectivity index (χ4v) is 2.74. The van der Waals surface area contributed by atoms with Crippen molar-refractivity contribution in [1.82, 2.24) is 0 Å². The highest BCUT2D eigenvalue weighted by Gasteiger charge is 2.10. The molecule has 3 nitrogen and oxygen atoms in total. The van der Waals surface area contributed by atoms with Gasteiger partial charge in [-0.3, -0.25) is 9.59 Å². The molecule has 0 N–H and O–H groups in total. The molecule has 0 saturated carbocycles. The number of hydrogen-bond donors (Lipinski definition) is 0. The molecular formula is C19H18BrFO3. The van der Waals surface area contributed by atoms with Gasteiger partial charge < -0.3 is 4.74 Å². The average Bonchev–Trinajstić information content (AvgIpc) is 2.58. The predicted octanol–water partition coefficient (Wildman–Crippen LogP) is 4.51. The first kappa shape index (κ1) is 18.3. The lowest BCUT2D eigenvalue weighted by Gasteiger charge is -2.06. The summed E-state index contributed by atoms with van der Waals surface area (Å²) < 4.78 is 18.6. The minimum atomic E-state index is -0.359. The Bertz CT molecular complexity index is 726. The molecule has 2 rings (SSSR count). The molecule has 5 heteroatoms. The molecule has 0 radical (unpaired) electrons. The van der Waals surface area contributed by atoms with Crippen LogP contribution in [0.15, 0.2) is 46.9 Å². The zero-order chi connectivity index (χ0) is 17.5. The van der Waals surface area contributed by atoms with E-state index in [9.17, 15) is 14.0 Å². The van der Waals surface area contributed by atoms with Gasteiger partial charge in [-0.05, 0) is 42.2 Å². The Balaban J connectivity index is 1.96. The van der Waals surface area contributed by atoms with Crippen LogP contribution < -0.4 is 0 Å². The summed E-state index contributed by atoms with van der Waals surface area (Å²) in [5.41, 5.74) is 2.27. The van der Waals surface area contributed by atoms with Gasteiger partial charge in [0.15, 0.2) is 5.78 Å². The maximum absolute atomic E-state index is 13.3. The van der Waals surface area contributed by atoms with E-state index in [1.165, 1.54) is 19.2 Å². The van der Waals surface area contributed by atoms with Gasteiger partial charge in [0.2, 0.25) is 0 Å². The Hall–Kier alpha value is -2.01. The normalized spacial score (nSPS) is 10.5. The van der Waals surface area contributed by atoms with Gasteiger partial charge in [0.1, 0.15) is 5.82 Å². The van der Waals surface area contributed by atoms with E-state index in [0.717, 1.165) is 16.5 Å². The maximum Gasteiger partial charge on any atom is 0.305 e. The number of carbonyl (C=O) groups is 2. The number of ketones is 1. The number of rotatable bonds is 7. The summed E-state index contributed by atoms with van der Waals surface area (Å²) in [5, 5.41) is 0. The number of hydrogen-bond acceptors (Lipinski definition) is 3. The lowest BCUT2D eigenvalue weighted by atomic mass is 10.0. The second-order valence-corrected chi connectivity index (χ2v) is 6.32. The molecule has 0 aliphatic carbocycles. The molecule has 0 aromatic heterocycles. The van der Waals surface area contributed by atoms with Crippen molar-refractivity contribution in [2.75, 3.05) is 7.11 Å². The highest BCUT2D eigenvalue weighted by atomic mass is 79.9. The Morgan fingerprint density at radius 2 is 1.83 bits per heavy atom. The molecule has 0 spiro atoms. The van der Waals surface area contributed by atoms with Crippen molar-refractivity contribution in [1.29, 1.82) is 0 Å². The third-order valence-corrected chi connectivity index (χ3v) is 4.48. The van der Waals surface area contributed by atoms with E-state index >= 15 is 0 Å². The van der Waals surface area contributed by atoms with Gasteiger partial charge in [-0.25, -0.2) is 4.39 Å². The van der Waals surface area contributed by atoms with Crippen LogP contribution in [-0.4, -0.2) is 18.9 Å². The fraction of sp³-hybridized carbons (Fsp3) is 0.263. The quantitative estimate of drug-likeness (QED) is 0.514. The summed E-state index contributed by atoms with van der Waals surface area (Å²) in [4.78, 5) is 23.4. The SMILES string of the molecule is COC(=O)CCCc1ccc(C(=O)Cc2cc(F)ccc2Br)cc1. The van der Waals surface area contributed by atoms with Gasteiger partial charge in [-0.15, -0.1) is 0 Å². The van der Waals surface area contributed by atoms with Crippen molar-refractivity contribution in [2.45, 2.75) is 25.7 Å². The zero-order valence-electron chi connectivity index (χ0n) is 13.4. The van der Waals surface area contributed by atoms with E-state index in [1.54, 1.807) is 18.2 Å². The summed E-state index contributed by atoms with van der Waals surface area (Å²) in [6, 6.07) is 11.6. The molecule has 24 heavy (non-hydrogen) atoms. The minimum absolute atomic E-state index is 0.0672. The van der Waals surface area contributed by atoms with Crippen LogP contribution in [0.1, 0.15) is 34.3 Å². The highest BCUT2D eigenvalue weighted by molar-refractivity contribution is 9.10. The summed E-state index contributed by atoms with van der Waals surface area (Å²) in [6.45, 7) is 0. The number of methoxy groups -OCH3 is 1. The molecule has 0 aliphatic rings. The lowest BCUT2D eigenvalue weighted by molar-refractivity contribution is -0.140. The van der Waals surface area contributed by atoms with Crippen molar-refractivity contribution in [3.8, 4) is 0 Å². The van der Waals surface area contributed by atoms with Crippen LogP contribution in [0.3, 0.4) is 0 Å². The standard InChI is InChI=1S/C19H18BrFO3/c1-24-19(23)4-2-3-13-5-7-14(8-6-13)18(22)12-15-11-16(21)9-10-17(15)20/h5-11H,2-4,12H2,1H3. The third-order valence-electron chi connectivity index (χ3n) is 3.71. The lowest BCUT2D eigenvalue weighted by Crippen LogP contribution is -2.05. The fourth-order valence-electron chi connectivity index (χ4n) is 2.35. The number of Topliss-reactive ketones (excluding diaryl/α,β-unsaturated/α-hetero) is 1. The van der Waals surface area contributed by atoms with Crippen LogP contribution in [-0.2, 0) is 22.4 Å². The van der Waals surface area contributed by atoms with Crippen molar-refractivity contribution >= 4 is 27.7 Å². The van der Waals surface area contributed by atoms with E-state index in [0.29, 0.717) is 24.0 Å². The average molecular weight is 393 g/mol. The number of halogens is 2. The topological polar surface area (TPSA) is 43.4 Å². The monoisotopic (exact) mass is 392 g/mol. The van der Waals surface area contributed by atoms with Crippen molar-refractivity contribution < 1.29 is 18.7 Å². The Morgan fingerprint density at radius 1 is 1.12 bits per heavy atom. The van der Waals surface area contributed by atoms with E-state index in [-0.39, 0.29) is 24.0 Å². The van der Waals surface area contributed by atoms with Crippen LogP contribution in [0, 0.1) is 5.82 Å². The van der Waals surface area contributed by atoms with Crippen LogP contribution >= 0.6 is 15.9 Å². The molecule has 0 saturated heterocycles. The van der Waals surface area contributed by atoms with Crippen molar-refractivity contribution in [3.63, 3.8) is 0 Å². The molecule has 0 heterocycles. The van der Waals surface area contributed by atoms with Gasteiger partial charge in [0.05, 0.1) is 7.11 Å². The number of carbonyl (C=O) groups excluding carboxylic acids is 2. The molecule has 2 aromatic rings. The van der Waals surface area contributed by atoms with Crippen LogP contribution in [0.2, 0.25) is 0 Å². The predicted molar refractivity (Wildman–Crippen MR) is 93.5 cm³/mol. The highest BCUT2D eigenvalue weighted by Crippen LogP contribution is 2.20. The number of ether oxygens (including phenoxy) is 1. The summed E-state index contributed by atoms with van der Waals surface area (Å²) in [6.07, 6.45) is 1.97. The number of benzene rings is 2. The summed E-state index contributed by atoms with van der Waals surface area (Å²) >= 11 is 3.33. The molecule has 0 aliphatic heterocycles. The van der Waals surface area contributed by atoms with Gasteiger partial charge in [0, 0.05) is 22.9 Å². The van der Waals surface area contributed by atoms with Gasteiger partial charge >= 0.3 is 5.97 Å². The van der Waals surface area contributed by atoms with Crippen LogP contribution in [0.4, 0.5) is 4.39 Å². The van der Waals surface area contributed by atoms with E-state index in [4.69, 9.17) is 0 Å². The second-order valence-electron chi connectivity index (χ2n) is 5.46. The molecule has 0 bridgehead atoms. The van der Waals surface area contributed by atoms with Crippen molar-refractivity contribution in [3.05, 3.63) is 69.4 Å².